The van der Waals surface area contributed by atoms with E-state index in [9.17, 15) is 4.79 Å². The maximum absolute atomic E-state index is 11.8. The molecule has 21 heavy (non-hydrogen) atoms. The van der Waals surface area contributed by atoms with Gasteiger partial charge in [-0.1, -0.05) is 46.3 Å². The summed E-state index contributed by atoms with van der Waals surface area (Å²) in [6.45, 7) is 2.45. The van der Waals surface area contributed by atoms with Gasteiger partial charge in [0.2, 0.25) is 0 Å². The Hall–Kier alpha value is -1.07. The van der Waals surface area contributed by atoms with Crippen molar-refractivity contribution >= 4 is 22.0 Å². The average Bonchev–Trinajstić information content (AvgIpc) is 2.42. The first kappa shape index (κ1) is 14.9. The summed E-state index contributed by atoms with van der Waals surface area (Å²) in [6.07, 6.45) is 2.34. The van der Waals surface area contributed by atoms with Crippen LogP contribution in [0.25, 0.3) is 0 Å². The van der Waals surface area contributed by atoms with Crippen molar-refractivity contribution in [3.63, 3.8) is 0 Å². The Balaban J connectivity index is 1.29. The normalized spacial score (nSPS) is 25.1. The molecule has 1 saturated heterocycles. The van der Waals surface area contributed by atoms with Crippen LogP contribution in [-0.4, -0.2) is 41.6 Å². The van der Waals surface area contributed by atoms with Crippen molar-refractivity contribution < 1.29 is 14.3 Å². The largest absolute Gasteiger partial charge is 0.445 e. The molecule has 5 heteroatoms. The summed E-state index contributed by atoms with van der Waals surface area (Å²) in [6, 6.07) is 9.72. The van der Waals surface area contributed by atoms with Crippen LogP contribution in [0.1, 0.15) is 18.4 Å². The molecule has 1 aromatic rings. The van der Waals surface area contributed by atoms with Gasteiger partial charge in [-0.25, -0.2) is 4.79 Å². The fourth-order valence-electron chi connectivity index (χ4n) is 2.57. The monoisotopic (exact) mass is 353 g/mol. The summed E-state index contributed by atoms with van der Waals surface area (Å²) in [5, 5.41) is 0. The standard InChI is InChI=1S/C16H20BrNO3/c17-14-6-13(7-14)11-20-15-8-18(9-15)16(19)21-10-12-4-2-1-3-5-12/h1-5,13-15H,6-11H2. The lowest BCUT2D eigenvalue weighted by molar-refractivity contribution is -0.0677. The Labute approximate surface area is 133 Å². The van der Waals surface area contributed by atoms with Crippen molar-refractivity contribution in [2.45, 2.75) is 30.4 Å². The van der Waals surface area contributed by atoms with Crippen molar-refractivity contribution in [1.82, 2.24) is 4.90 Å². The molecule has 1 aromatic carbocycles. The second kappa shape index (κ2) is 6.79. The molecule has 0 aromatic heterocycles. The van der Waals surface area contributed by atoms with Crippen LogP contribution >= 0.6 is 15.9 Å². The number of benzene rings is 1. The Morgan fingerprint density at radius 1 is 1.24 bits per heavy atom. The number of carbonyl (C=O) groups excluding carboxylic acids is 1. The number of ether oxygens (including phenoxy) is 2. The number of hydrogen-bond donors (Lipinski definition) is 0. The van der Waals surface area contributed by atoms with Gasteiger partial charge in [0.1, 0.15) is 6.61 Å². The first-order valence-electron chi connectivity index (χ1n) is 7.42. The van der Waals surface area contributed by atoms with Gasteiger partial charge in [0.15, 0.2) is 0 Å². The second-order valence-electron chi connectivity index (χ2n) is 5.84. The first-order chi connectivity index (χ1) is 10.2. The van der Waals surface area contributed by atoms with Gasteiger partial charge >= 0.3 is 6.09 Å². The molecular weight excluding hydrogens is 334 g/mol. The number of amides is 1. The topological polar surface area (TPSA) is 38.8 Å². The zero-order valence-corrected chi connectivity index (χ0v) is 13.5. The fourth-order valence-corrected chi connectivity index (χ4v) is 3.62. The minimum atomic E-state index is -0.247. The molecule has 0 spiro atoms. The highest BCUT2D eigenvalue weighted by molar-refractivity contribution is 9.09. The zero-order chi connectivity index (χ0) is 14.7. The molecule has 1 saturated carbocycles. The molecule has 2 fully saturated rings. The van der Waals surface area contributed by atoms with Crippen LogP contribution in [0.2, 0.25) is 0 Å². The molecule has 0 unspecified atom stereocenters. The third-order valence-corrected chi connectivity index (χ3v) is 4.80. The number of carbonyl (C=O) groups is 1. The molecule has 0 atom stereocenters. The molecule has 4 nitrogen and oxygen atoms in total. The number of nitrogens with zero attached hydrogens (tertiary/aromatic N) is 1. The van der Waals surface area contributed by atoms with E-state index in [2.05, 4.69) is 15.9 Å². The second-order valence-corrected chi connectivity index (χ2v) is 7.13. The van der Waals surface area contributed by atoms with Gasteiger partial charge in [-0.05, 0) is 24.3 Å². The number of likely N-dealkylation sites (tertiary alicyclic amines) is 1. The average molecular weight is 354 g/mol. The molecule has 1 aliphatic carbocycles. The third kappa shape index (κ3) is 3.98. The zero-order valence-electron chi connectivity index (χ0n) is 11.9. The minimum Gasteiger partial charge on any atom is -0.445 e. The van der Waals surface area contributed by atoms with E-state index in [0.717, 1.165) is 12.2 Å². The summed E-state index contributed by atoms with van der Waals surface area (Å²) < 4.78 is 11.1. The predicted molar refractivity (Wildman–Crippen MR) is 83.4 cm³/mol. The molecule has 1 amide bonds. The lowest BCUT2D eigenvalue weighted by atomic mass is 9.86. The molecular formula is C16H20BrNO3. The van der Waals surface area contributed by atoms with Gasteiger partial charge in [0.25, 0.3) is 0 Å². The van der Waals surface area contributed by atoms with Crippen LogP contribution in [0.5, 0.6) is 0 Å². The highest BCUT2D eigenvalue weighted by Gasteiger charge is 2.34. The maximum Gasteiger partial charge on any atom is 0.410 e. The van der Waals surface area contributed by atoms with E-state index in [1.165, 1.54) is 12.8 Å². The Kier molecular flexibility index (Phi) is 4.80. The van der Waals surface area contributed by atoms with Crippen molar-refractivity contribution in [2.75, 3.05) is 19.7 Å². The van der Waals surface area contributed by atoms with Crippen molar-refractivity contribution in [2.24, 2.45) is 5.92 Å². The molecule has 2 aliphatic rings. The molecule has 0 radical (unpaired) electrons. The Morgan fingerprint density at radius 2 is 1.95 bits per heavy atom. The van der Waals surface area contributed by atoms with E-state index in [1.807, 2.05) is 30.3 Å². The van der Waals surface area contributed by atoms with Crippen molar-refractivity contribution in [3.05, 3.63) is 35.9 Å². The SMILES string of the molecule is O=C(OCc1ccccc1)N1CC(OCC2CC(Br)C2)C1. The van der Waals surface area contributed by atoms with E-state index in [1.54, 1.807) is 4.90 Å². The van der Waals surface area contributed by atoms with Gasteiger partial charge in [-0.15, -0.1) is 0 Å². The maximum atomic E-state index is 11.8. The number of halogens is 1. The summed E-state index contributed by atoms with van der Waals surface area (Å²) in [7, 11) is 0. The molecule has 0 N–H and O–H groups in total. The number of hydrogen-bond acceptors (Lipinski definition) is 3. The predicted octanol–water partition coefficient (Wildman–Crippen LogP) is 3.20. The van der Waals surface area contributed by atoms with Gasteiger partial charge in [0, 0.05) is 4.83 Å². The molecule has 114 valence electrons. The van der Waals surface area contributed by atoms with E-state index < -0.39 is 0 Å². The van der Waals surface area contributed by atoms with Crippen molar-refractivity contribution in [1.29, 1.82) is 0 Å². The molecule has 0 bridgehead atoms. The summed E-state index contributed by atoms with van der Waals surface area (Å²) in [5.41, 5.74) is 1.01. The number of rotatable bonds is 5. The lowest BCUT2D eigenvalue weighted by Gasteiger charge is -2.40. The van der Waals surface area contributed by atoms with Crippen LogP contribution in [-0.2, 0) is 16.1 Å². The van der Waals surface area contributed by atoms with Crippen LogP contribution in [0.3, 0.4) is 0 Å². The third-order valence-electron chi connectivity index (χ3n) is 4.06. The van der Waals surface area contributed by atoms with E-state index in [4.69, 9.17) is 9.47 Å². The smallest absolute Gasteiger partial charge is 0.410 e. The first-order valence-corrected chi connectivity index (χ1v) is 8.33. The van der Waals surface area contributed by atoms with E-state index in [-0.39, 0.29) is 12.2 Å². The summed E-state index contributed by atoms with van der Waals surface area (Å²) >= 11 is 3.58. The molecule has 1 heterocycles. The fraction of sp³-hybridized carbons (Fsp3) is 0.562. The van der Waals surface area contributed by atoms with Gasteiger partial charge in [-0.2, -0.15) is 0 Å². The van der Waals surface area contributed by atoms with Crippen LogP contribution in [0.15, 0.2) is 30.3 Å². The van der Waals surface area contributed by atoms with Crippen LogP contribution in [0.4, 0.5) is 4.79 Å². The van der Waals surface area contributed by atoms with Crippen LogP contribution < -0.4 is 0 Å². The van der Waals surface area contributed by atoms with Crippen LogP contribution in [0, 0.1) is 5.92 Å². The van der Waals surface area contributed by atoms with Gasteiger partial charge < -0.3 is 14.4 Å². The summed E-state index contributed by atoms with van der Waals surface area (Å²) in [5.74, 6) is 0.688. The van der Waals surface area contributed by atoms with Gasteiger partial charge in [0.05, 0.1) is 25.8 Å². The lowest BCUT2D eigenvalue weighted by Crippen LogP contribution is -2.55. The minimum absolute atomic E-state index is 0.184. The highest BCUT2D eigenvalue weighted by atomic mass is 79.9. The number of alkyl halides is 1. The Morgan fingerprint density at radius 3 is 2.62 bits per heavy atom. The van der Waals surface area contributed by atoms with Gasteiger partial charge in [-0.3, -0.25) is 0 Å². The molecule has 3 rings (SSSR count). The van der Waals surface area contributed by atoms with Crippen molar-refractivity contribution in [3.8, 4) is 0 Å². The molecule has 1 aliphatic heterocycles. The Bertz CT molecular complexity index is 470. The highest BCUT2D eigenvalue weighted by Crippen LogP contribution is 2.33. The quantitative estimate of drug-likeness (QED) is 0.763. The van der Waals surface area contributed by atoms with E-state index >= 15 is 0 Å². The summed E-state index contributed by atoms with van der Waals surface area (Å²) in [4.78, 5) is 14.2. The van der Waals surface area contributed by atoms with E-state index in [0.29, 0.717) is 30.4 Å².